The summed E-state index contributed by atoms with van der Waals surface area (Å²) < 4.78 is 0. The molecule has 1 aliphatic rings. The summed E-state index contributed by atoms with van der Waals surface area (Å²) >= 11 is 0. The van der Waals surface area contributed by atoms with Crippen LogP contribution in [-0.4, -0.2) is 18.5 Å². The molecule has 2 N–H and O–H groups in total. The molecule has 0 bridgehead atoms. The fourth-order valence-corrected chi connectivity index (χ4v) is 1.91. The van der Waals surface area contributed by atoms with E-state index in [9.17, 15) is 4.79 Å². The predicted molar refractivity (Wildman–Crippen MR) is 59.4 cm³/mol. The highest BCUT2D eigenvalue weighted by molar-refractivity contribution is 5.78. The van der Waals surface area contributed by atoms with Gasteiger partial charge in [0.05, 0.1) is 0 Å². The van der Waals surface area contributed by atoms with Crippen molar-refractivity contribution < 1.29 is 4.79 Å². The second-order valence-electron chi connectivity index (χ2n) is 4.00. The third-order valence-electron chi connectivity index (χ3n) is 2.76. The molecule has 1 amide bonds. The highest BCUT2D eigenvalue weighted by Gasteiger charge is 2.22. The normalized spacial score (nSPS) is 22.5. The Labute approximate surface area is 89.9 Å². The van der Waals surface area contributed by atoms with Crippen LogP contribution in [0, 0.1) is 0 Å². The SMILES string of the molecule is CC(NC1CNC(=O)C1)c1ccccc1. The first kappa shape index (κ1) is 10.2. The van der Waals surface area contributed by atoms with Gasteiger partial charge in [0.25, 0.3) is 0 Å². The Balaban J connectivity index is 1.92. The van der Waals surface area contributed by atoms with Crippen LogP contribution in [0.25, 0.3) is 0 Å². The molecule has 0 radical (unpaired) electrons. The van der Waals surface area contributed by atoms with Crippen LogP contribution in [0.5, 0.6) is 0 Å². The van der Waals surface area contributed by atoms with Crippen molar-refractivity contribution in [1.29, 1.82) is 0 Å². The maximum absolute atomic E-state index is 11.0. The summed E-state index contributed by atoms with van der Waals surface area (Å²) in [7, 11) is 0. The van der Waals surface area contributed by atoms with Crippen molar-refractivity contribution in [3.63, 3.8) is 0 Å². The van der Waals surface area contributed by atoms with Gasteiger partial charge in [-0.05, 0) is 12.5 Å². The Hall–Kier alpha value is -1.35. The largest absolute Gasteiger partial charge is 0.354 e. The van der Waals surface area contributed by atoms with Crippen molar-refractivity contribution in [2.45, 2.75) is 25.4 Å². The molecule has 15 heavy (non-hydrogen) atoms. The van der Waals surface area contributed by atoms with E-state index in [-0.39, 0.29) is 11.9 Å². The van der Waals surface area contributed by atoms with Crippen molar-refractivity contribution in [2.75, 3.05) is 6.54 Å². The average Bonchev–Trinajstić information content (AvgIpc) is 2.65. The Morgan fingerprint density at radius 3 is 2.73 bits per heavy atom. The van der Waals surface area contributed by atoms with E-state index in [4.69, 9.17) is 0 Å². The van der Waals surface area contributed by atoms with E-state index in [1.165, 1.54) is 5.56 Å². The smallest absolute Gasteiger partial charge is 0.221 e. The van der Waals surface area contributed by atoms with Crippen LogP contribution in [0.3, 0.4) is 0 Å². The van der Waals surface area contributed by atoms with Crippen molar-refractivity contribution in [3.05, 3.63) is 35.9 Å². The Bertz CT molecular complexity index is 337. The summed E-state index contributed by atoms with van der Waals surface area (Å²) in [5.74, 6) is 0.146. The van der Waals surface area contributed by atoms with Gasteiger partial charge in [0.15, 0.2) is 0 Å². The van der Waals surface area contributed by atoms with Gasteiger partial charge in [-0.2, -0.15) is 0 Å². The standard InChI is InChI=1S/C12H16N2O/c1-9(10-5-3-2-4-6-10)14-11-7-12(15)13-8-11/h2-6,9,11,14H,7-8H2,1H3,(H,13,15). The minimum atomic E-state index is 0.146. The zero-order valence-corrected chi connectivity index (χ0v) is 8.86. The van der Waals surface area contributed by atoms with Crippen LogP contribution in [0.2, 0.25) is 0 Å². The summed E-state index contributed by atoms with van der Waals surface area (Å²) in [6.45, 7) is 2.87. The molecule has 3 heteroatoms. The lowest BCUT2D eigenvalue weighted by Crippen LogP contribution is -2.33. The van der Waals surface area contributed by atoms with E-state index < -0.39 is 0 Å². The van der Waals surface area contributed by atoms with Gasteiger partial charge in [0.2, 0.25) is 5.91 Å². The van der Waals surface area contributed by atoms with Gasteiger partial charge >= 0.3 is 0 Å². The topological polar surface area (TPSA) is 41.1 Å². The molecule has 1 aliphatic heterocycles. The van der Waals surface area contributed by atoms with E-state index in [1.54, 1.807) is 0 Å². The van der Waals surface area contributed by atoms with Gasteiger partial charge in [0, 0.05) is 25.0 Å². The number of amides is 1. The molecule has 0 aliphatic carbocycles. The molecule has 2 atom stereocenters. The summed E-state index contributed by atoms with van der Waals surface area (Å²) in [6, 6.07) is 10.8. The molecule has 3 nitrogen and oxygen atoms in total. The van der Waals surface area contributed by atoms with E-state index in [0.29, 0.717) is 12.5 Å². The van der Waals surface area contributed by atoms with Crippen LogP contribution < -0.4 is 10.6 Å². The minimum Gasteiger partial charge on any atom is -0.354 e. The monoisotopic (exact) mass is 204 g/mol. The molecule has 1 heterocycles. The zero-order valence-electron chi connectivity index (χ0n) is 8.86. The molecule has 0 aromatic heterocycles. The number of hydrogen-bond donors (Lipinski definition) is 2. The summed E-state index contributed by atoms with van der Waals surface area (Å²) in [6.07, 6.45) is 0.594. The number of benzene rings is 1. The van der Waals surface area contributed by atoms with E-state index in [0.717, 1.165) is 6.54 Å². The zero-order chi connectivity index (χ0) is 10.7. The van der Waals surface area contributed by atoms with Crippen molar-refractivity contribution in [1.82, 2.24) is 10.6 Å². The maximum Gasteiger partial charge on any atom is 0.221 e. The van der Waals surface area contributed by atoms with E-state index >= 15 is 0 Å². The highest BCUT2D eigenvalue weighted by Crippen LogP contribution is 2.13. The molecule has 2 unspecified atom stereocenters. The summed E-state index contributed by atoms with van der Waals surface area (Å²) in [5.41, 5.74) is 1.26. The lowest BCUT2D eigenvalue weighted by Gasteiger charge is -2.18. The first-order chi connectivity index (χ1) is 7.25. The molecule has 1 saturated heterocycles. The number of carbonyl (C=O) groups excluding carboxylic acids is 1. The first-order valence-electron chi connectivity index (χ1n) is 5.33. The second kappa shape index (κ2) is 4.45. The first-order valence-corrected chi connectivity index (χ1v) is 5.33. The van der Waals surface area contributed by atoms with Gasteiger partial charge in [0.1, 0.15) is 0 Å². The number of nitrogens with one attached hydrogen (secondary N) is 2. The van der Waals surface area contributed by atoms with Crippen LogP contribution in [0.1, 0.15) is 24.9 Å². The van der Waals surface area contributed by atoms with Crippen LogP contribution in [0.15, 0.2) is 30.3 Å². The third-order valence-corrected chi connectivity index (χ3v) is 2.76. The molecule has 1 aromatic rings. The van der Waals surface area contributed by atoms with Crippen LogP contribution in [0.4, 0.5) is 0 Å². The predicted octanol–water partition coefficient (Wildman–Crippen LogP) is 1.23. The van der Waals surface area contributed by atoms with Gasteiger partial charge in [-0.15, -0.1) is 0 Å². The van der Waals surface area contributed by atoms with E-state index in [2.05, 4.69) is 29.7 Å². The molecular formula is C12H16N2O. The third kappa shape index (κ3) is 2.57. The molecule has 0 saturated carbocycles. The molecular weight excluding hydrogens is 188 g/mol. The Morgan fingerprint density at radius 1 is 1.40 bits per heavy atom. The van der Waals surface area contributed by atoms with Crippen LogP contribution in [-0.2, 0) is 4.79 Å². The average molecular weight is 204 g/mol. The van der Waals surface area contributed by atoms with Gasteiger partial charge < -0.3 is 10.6 Å². The number of hydrogen-bond acceptors (Lipinski definition) is 2. The quantitative estimate of drug-likeness (QED) is 0.777. The maximum atomic E-state index is 11.0. The lowest BCUT2D eigenvalue weighted by molar-refractivity contribution is -0.119. The molecule has 1 fully saturated rings. The van der Waals surface area contributed by atoms with Gasteiger partial charge in [-0.1, -0.05) is 30.3 Å². The fraction of sp³-hybridized carbons (Fsp3) is 0.417. The number of carbonyl (C=O) groups is 1. The Morgan fingerprint density at radius 2 is 2.13 bits per heavy atom. The molecule has 0 spiro atoms. The van der Waals surface area contributed by atoms with Crippen molar-refractivity contribution in [2.24, 2.45) is 0 Å². The second-order valence-corrected chi connectivity index (χ2v) is 4.00. The molecule has 80 valence electrons. The Kier molecular flexibility index (Phi) is 3.02. The molecule has 2 rings (SSSR count). The van der Waals surface area contributed by atoms with Crippen LogP contribution >= 0.6 is 0 Å². The van der Waals surface area contributed by atoms with Crippen molar-refractivity contribution >= 4 is 5.91 Å². The van der Waals surface area contributed by atoms with Crippen molar-refractivity contribution in [3.8, 4) is 0 Å². The lowest BCUT2D eigenvalue weighted by atomic mass is 10.1. The molecule has 1 aromatic carbocycles. The van der Waals surface area contributed by atoms with Gasteiger partial charge in [-0.25, -0.2) is 0 Å². The summed E-state index contributed by atoms with van der Waals surface area (Å²) in [4.78, 5) is 11.0. The van der Waals surface area contributed by atoms with E-state index in [1.807, 2.05) is 18.2 Å². The highest BCUT2D eigenvalue weighted by atomic mass is 16.1. The fourth-order valence-electron chi connectivity index (χ4n) is 1.91. The minimum absolute atomic E-state index is 0.146. The summed E-state index contributed by atoms with van der Waals surface area (Å²) in [5, 5.41) is 6.27. The van der Waals surface area contributed by atoms with Gasteiger partial charge in [-0.3, -0.25) is 4.79 Å². The number of rotatable bonds is 3.